The van der Waals surface area contributed by atoms with E-state index < -0.39 is 23.9 Å². The van der Waals surface area contributed by atoms with Crippen LogP contribution in [0, 0.1) is 5.92 Å². The number of carbonyl (C=O) groups is 4. The number of benzene rings is 1. The van der Waals surface area contributed by atoms with Crippen molar-refractivity contribution < 1.29 is 23.9 Å². The van der Waals surface area contributed by atoms with Gasteiger partial charge in [0.15, 0.2) is 0 Å². The van der Waals surface area contributed by atoms with E-state index in [-0.39, 0.29) is 36.4 Å². The molecule has 0 aliphatic carbocycles. The standard InChI is InChI=1S/C29H37N5O5/c1-19(2)16-21-18-39-25-11-4-3-9-22(25)27(36)33-23(28(37)31-14-12-20-8-5-6-13-30-20)17-26(35)34-15-7-10-24(34)29(38)32-21/h3-6,8-9,11,13,19,21,23-24H,7,10,12,14-18H2,1-2H3,(H,31,37)(H,32,38)(H,33,36)/t21-,23-,24+/m0/s1. The van der Waals surface area contributed by atoms with Crippen molar-refractivity contribution in [1.29, 1.82) is 0 Å². The first-order valence-electron chi connectivity index (χ1n) is 13.6. The molecule has 2 aliphatic heterocycles. The summed E-state index contributed by atoms with van der Waals surface area (Å²) >= 11 is 0. The minimum Gasteiger partial charge on any atom is -0.491 e. The monoisotopic (exact) mass is 535 g/mol. The Kier molecular flexibility index (Phi) is 9.51. The summed E-state index contributed by atoms with van der Waals surface area (Å²) in [4.78, 5) is 59.0. The number of ether oxygens (including phenoxy) is 1. The van der Waals surface area contributed by atoms with E-state index in [9.17, 15) is 19.2 Å². The SMILES string of the molecule is CC(C)C[C@H]1COc2ccccc2C(=O)N[C@H](C(=O)NCCc2ccccn2)CC(=O)N2CCC[C@@H]2C(=O)N1. The zero-order valence-electron chi connectivity index (χ0n) is 22.5. The second kappa shape index (κ2) is 13.2. The molecule has 3 N–H and O–H groups in total. The van der Waals surface area contributed by atoms with Gasteiger partial charge in [0.25, 0.3) is 5.91 Å². The smallest absolute Gasteiger partial charge is 0.255 e. The summed E-state index contributed by atoms with van der Waals surface area (Å²) < 4.78 is 6.04. The Balaban J connectivity index is 1.57. The van der Waals surface area contributed by atoms with Crippen LogP contribution in [-0.4, -0.2) is 71.3 Å². The summed E-state index contributed by atoms with van der Waals surface area (Å²) in [5.74, 6) is -0.911. The van der Waals surface area contributed by atoms with Gasteiger partial charge >= 0.3 is 0 Å². The molecule has 39 heavy (non-hydrogen) atoms. The molecule has 0 spiro atoms. The molecule has 4 amide bonds. The van der Waals surface area contributed by atoms with Crippen molar-refractivity contribution in [3.05, 3.63) is 59.9 Å². The topological polar surface area (TPSA) is 130 Å². The number of amides is 4. The van der Waals surface area contributed by atoms with Crippen LogP contribution in [0.2, 0.25) is 0 Å². The zero-order chi connectivity index (χ0) is 27.8. The van der Waals surface area contributed by atoms with Crippen LogP contribution in [0.25, 0.3) is 0 Å². The van der Waals surface area contributed by atoms with E-state index >= 15 is 0 Å². The van der Waals surface area contributed by atoms with Crippen LogP contribution in [0.1, 0.15) is 55.6 Å². The second-order valence-electron chi connectivity index (χ2n) is 10.5. The average molecular weight is 536 g/mol. The van der Waals surface area contributed by atoms with Gasteiger partial charge in [0.2, 0.25) is 17.7 Å². The van der Waals surface area contributed by atoms with E-state index in [0.717, 1.165) is 5.69 Å². The van der Waals surface area contributed by atoms with Crippen LogP contribution in [0.4, 0.5) is 0 Å². The molecule has 3 heterocycles. The molecule has 10 heteroatoms. The number of rotatable bonds is 6. The molecule has 0 unspecified atom stereocenters. The number of hydrogen-bond donors (Lipinski definition) is 3. The van der Waals surface area contributed by atoms with Gasteiger partial charge in [-0.2, -0.15) is 0 Å². The van der Waals surface area contributed by atoms with Gasteiger partial charge in [-0.25, -0.2) is 0 Å². The first-order valence-corrected chi connectivity index (χ1v) is 13.6. The number of hydrogen-bond acceptors (Lipinski definition) is 6. The molecule has 0 saturated carbocycles. The van der Waals surface area contributed by atoms with Crippen LogP contribution in [0.5, 0.6) is 5.75 Å². The van der Waals surface area contributed by atoms with Crippen molar-refractivity contribution in [2.75, 3.05) is 19.7 Å². The Hall–Kier alpha value is -3.95. The molecular formula is C29H37N5O5. The summed E-state index contributed by atoms with van der Waals surface area (Å²) in [7, 11) is 0. The fourth-order valence-corrected chi connectivity index (χ4v) is 5.06. The third-order valence-electron chi connectivity index (χ3n) is 6.96. The average Bonchev–Trinajstić information content (AvgIpc) is 3.42. The maximum atomic E-state index is 13.4. The molecule has 0 radical (unpaired) electrons. The number of aromatic nitrogens is 1. The molecule has 2 aliphatic rings. The quantitative estimate of drug-likeness (QED) is 0.518. The first kappa shape index (κ1) is 28.1. The van der Waals surface area contributed by atoms with E-state index in [1.807, 2.05) is 18.2 Å². The van der Waals surface area contributed by atoms with Gasteiger partial charge in [-0.05, 0) is 49.4 Å². The predicted octanol–water partition coefficient (Wildman–Crippen LogP) is 1.84. The van der Waals surface area contributed by atoms with Crippen molar-refractivity contribution in [2.24, 2.45) is 5.92 Å². The molecule has 2 aromatic rings. The number of para-hydroxylation sites is 1. The number of nitrogens with one attached hydrogen (secondary N) is 3. The van der Waals surface area contributed by atoms with E-state index in [2.05, 4.69) is 34.8 Å². The lowest BCUT2D eigenvalue weighted by Gasteiger charge is -2.29. The van der Waals surface area contributed by atoms with Crippen molar-refractivity contribution >= 4 is 23.6 Å². The Bertz CT molecular complexity index is 1170. The molecule has 1 fully saturated rings. The lowest BCUT2D eigenvalue weighted by Crippen LogP contribution is -2.53. The Morgan fingerprint density at radius 3 is 2.69 bits per heavy atom. The molecule has 208 valence electrons. The highest BCUT2D eigenvalue weighted by Gasteiger charge is 2.37. The van der Waals surface area contributed by atoms with Crippen LogP contribution >= 0.6 is 0 Å². The third-order valence-corrected chi connectivity index (χ3v) is 6.96. The molecule has 3 atom stereocenters. The van der Waals surface area contributed by atoms with Crippen molar-refractivity contribution in [2.45, 2.75) is 64.1 Å². The Morgan fingerprint density at radius 2 is 1.92 bits per heavy atom. The van der Waals surface area contributed by atoms with Gasteiger partial charge in [-0.15, -0.1) is 0 Å². The molecule has 4 rings (SSSR count). The van der Waals surface area contributed by atoms with E-state index in [1.54, 1.807) is 30.5 Å². The molecule has 10 nitrogen and oxygen atoms in total. The fourth-order valence-electron chi connectivity index (χ4n) is 5.06. The maximum absolute atomic E-state index is 13.4. The van der Waals surface area contributed by atoms with Gasteiger partial charge in [-0.1, -0.05) is 32.0 Å². The highest BCUT2D eigenvalue weighted by molar-refractivity contribution is 6.01. The van der Waals surface area contributed by atoms with Crippen LogP contribution in [0.3, 0.4) is 0 Å². The summed E-state index contributed by atoms with van der Waals surface area (Å²) in [6.45, 7) is 5.01. The van der Waals surface area contributed by atoms with Crippen LogP contribution < -0.4 is 20.7 Å². The molecule has 1 aromatic heterocycles. The third kappa shape index (κ3) is 7.55. The minimum atomic E-state index is -1.12. The van der Waals surface area contributed by atoms with Crippen LogP contribution in [-0.2, 0) is 20.8 Å². The minimum absolute atomic E-state index is 0.173. The summed E-state index contributed by atoms with van der Waals surface area (Å²) in [6, 6.07) is 10.3. The van der Waals surface area contributed by atoms with E-state index in [1.165, 1.54) is 4.90 Å². The van der Waals surface area contributed by atoms with Crippen molar-refractivity contribution in [1.82, 2.24) is 25.8 Å². The molecule has 1 saturated heterocycles. The molecular weight excluding hydrogens is 498 g/mol. The number of pyridine rings is 1. The highest BCUT2D eigenvalue weighted by Crippen LogP contribution is 2.23. The van der Waals surface area contributed by atoms with Crippen molar-refractivity contribution in [3.8, 4) is 5.75 Å². The Morgan fingerprint density at radius 1 is 1.13 bits per heavy atom. The van der Waals surface area contributed by atoms with Crippen molar-refractivity contribution in [3.63, 3.8) is 0 Å². The van der Waals surface area contributed by atoms with Gasteiger partial charge in [0.1, 0.15) is 24.4 Å². The predicted molar refractivity (Wildman–Crippen MR) is 145 cm³/mol. The van der Waals surface area contributed by atoms with Gasteiger partial charge in [0, 0.05) is 31.4 Å². The van der Waals surface area contributed by atoms with E-state index in [0.29, 0.717) is 50.4 Å². The van der Waals surface area contributed by atoms with Gasteiger partial charge in [0.05, 0.1) is 18.0 Å². The second-order valence-corrected chi connectivity index (χ2v) is 10.5. The summed E-state index contributed by atoms with van der Waals surface area (Å²) in [5.41, 5.74) is 1.07. The number of nitrogens with zero attached hydrogens (tertiary/aromatic N) is 2. The van der Waals surface area contributed by atoms with Crippen LogP contribution in [0.15, 0.2) is 48.7 Å². The lowest BCUT2D eigenvalue weighted by molar-refractivity contribution is -0.140. The largest absolute Gasteiger partial charge is 0.491 e. The van der Waals surface area contributed by atoms with Gasteiger partial charge in [-0.3, -0.25) is 24.2 Å². The first-order chi connectivity index (χ1) is 18.8. The summed E-state index contributed by atoms with van der Waals surface area (Å²) in [6.07, 6.45) is 3.84. The zero-order valence-corrected chi connectivity index (χ0v) is 22.5. The van der Waals surface area contributed by atoms with E-state index in [4.69, 9.17) is 4.74 Å². The normalized spacial score (nSPS) is 22.2. The Labute approximate surface area is 228 Å². The highest BCUT2D eigenvalue weighted by atomic mass is 16.5. The lowest BCUT2D eigenvalue weighted by atomic mass is 10.0. The fraction of sp³-hybridized carbons (Fsp3) is 0.483. The molecule has 1 aromatic carbocycles. The molecule has 0 bridgehead atoms. The number of fused-ring (bicyclic) bond motifs is 2. The van der Waals surface area contributed by atoms with Gasteiger partial charge < -0.3 is 25.6 Å². The number of carbonyl (C=O) groups excluding carboxylic acids is 4. The maximum Gasteiger partial charge on any atom is 0.255 e. The summed E-state index contributed by atoms with van der Waals surface area (Å²) in [5, 5.41) is 8.63.